The van der Waals surface area contributed by atoms with E-state index in [0.29, 0.717) is 5.91 Å². The number of hydrogen-bond donors (Lipinski definition) is 1. The molecular formula is C20H28N2O. The number of nitrogens with one attached hydrogen (secondary N) is 1. The number of amides is 1. The fourth-order valence-electron chi connectivity index (χ4n) is 4.85. The van der Waals surface area contributed by atoms with Gasteiger partial charge in [0, 0.05) is 24.4 Å². The van der Waals surface area contributed by atoms with E-state index in [1.807, 2.05) is 0 Å². The molecule has 2 aliphatic carbocycles. The molecular weight excluding hydrogens is 284 g/mol. The van der Waals surface area contributed by atoms with E-state index in [1.54, 1.807) is 0 Å². The Morgan fingerprint density at radius 1 is 1.30 bits per heavy atom. The van der Waals surface area contributed by atoms with Gasteiger partial charge in [-0.2, -0.15) is 0 Å². The molecule has 3 heteroatoms. The molecule has 3 aliphatic rings. The predicted molar refractivity (Wildman–Crippen MR) is 92.4 cm³/mol. The largest absolute Gasteiger partial charge is 0.342 e. The first kappa shape index (κ1) is 15.2. The van der Waals surface area contributed by atoms with Crippen LogP contribution in [0.1, 0.15) is 43.7 Å². The molecule has 1 amide bonds. The lowest BCUT2D eigenvalue weighted by atomic mass is 9.93. The fraction of sp³-hybridized carbons (Fsp3) is 0.650. The van der Waals surface area contributed by atoms with Gasteiger partial charge in [0.05, 0.1) is 0 Å². The van der Waals surface area contributed by atoms with Crippen LogP contribution < -0.4 is 5.32 Å². The Hall–Kier alpha value is -1.35. The van der Waals surface area contributed by atoms with Crippen LogP contribution in [0, 0.1) is 11.8 Å². The van der Waals surface area contributed by atoms with Crippen molar-refractivity contribution in [1.82, 2.24) is 10.2 Å². The van der Waals surface area contributed by atoms with Crippen molar-refractivity contribution in [1.29, 1.82) is 0 Å². The number of nitrogens with zero attached hydrogens (tertiary/aromatic N) is 1. The summed E-state index contributed by atoms with van der Waals surface area (Å²) < 4.78 is 0. The SMILES string of the molecule is CCNCC1CCN(C(=O)C2CC23CCc2ccccc23)CC1. The molecule has 2 fully saturated rings. The van der Waals surface area contributed by atoms with Crippen LogP contribution in [0.4, 0.5) is 0 Å². The molecule has 2 unspecified atom stereocenters. The molecule has 23 heavy (non-hydrogen) atoms. The first-order valence-corrected chi connectivity index (χ1v) is 9.32. The second-order valence-electron chi connectivity index (χ2n) is 7.65. The number of carbonyl (C=O) groups excluding carboxylic acids is 1. The molecule has 3 nitrogen and oxygen atoms in total. The lowest BCUT2D eigenvalue weighted by Crippen LogP contribution is -2.42. The summed E-state index contributed by atoms with van der Waals surface area (Å²) >= 11 is 0. The fourth-order valence-corrected chi connectivity index (χ4v) is 4.85. The maximum absolute atomic E-state index is 13.0. The van der Waals surface area contributed by atoms with E-state index in [9.17, 15) is 4.79 Å². The Balaban J connectivity index is 1.37. The van der Waals surface area contributed by atoms with Gasteiger partial charge in [0.25, 0.3) is 0 Å². The smallest absolute Gasteiger partial charge is 0.226 e. The molecule has 1 heterocycles. The second kappa shape index (κ2) is 5.94. The maximum Gasteiger partial charge on any atom is 0.226 e. The van der Waals surface area contributed by atoms with Gasteiger partial charge in [-0.1, -0.05) is 31.2 Å². The third-order valence-electron chi connectivity index (χ3n) is 6.38. The lowest BCUT2D eigenvalue weighted by molar-refractivity contribution is -0.134. The highest BCUT2D eigenvalue weighted by atomic mass is 16.2. The van der Waals surface area contributed by atoms with E-state index in [2.05, 4.69) is 41.4 Å². The van der Waals surface area contributed by atoms with Gasteiger partial charge in [-0.05, 0) is 62.2 Å². The number of rotatable bonds is 4. The van der Waals surface area contributed by atoms with Gasteiger partial charge in [0.15, 0.2) is 0 Å². The summed E-state index contributed by atoms with van der Waals surface area (Å²) in [6.07, 6.45) is 5.74. The van der Waals surface area contributed by atoms with Crippen LogP contribution in [-0.2, 0) is 16.6 Å². The van der Waals surface area contributed by atoms with Crippen LogP contribution >= 0.6 is 0 Å². The molecule has 1 saturated carbocycles. The number of aryl methyl sites for hydroxylation is 1. The first-order valence-electron chi connectivity index (χ1n) is 9.32. The average Bonchev–Trinajstić information content (AvgIpc) is 3.22. The number of fused-ring (bicyclic) bond motifs is 2. The van der Waals surface area contributed by atoms with Crippen LogP contribution in [0.25, 0.3) is 0 Å². The highest BCUT2D eigenvalue weighted by Gasteiger charge is 2.62. The summed E-state index contributed by atoms with van der Waals surface area (Å²) in [5, 5.41) is 3.44. The normalized spacial score (nSPS) is 29.8. The van der Waals surface area contributed by atoms with Crippen LogP contribution in [0.3, 0.4) is 0 Å². The minimum Gasteiger partial charge on any atom is -0.342 e. The van der Waals surface area contributed by atoms with Gasteiger partial charge in [-0.3, -0.25) is 4.79 Å². The molecule has 1 aliphatic heterocycles. The van der Waals surface area contributed by atoms with E-state index in [4.69, 9.17) is 0 Å². The summed E-state index contributed by atoms with van der Waals surface area (Å²) in [5.41, 5.74) is 3.15. The first-order chi connectivity index (χ1) is 11.2. The van der Waals surface area contributed by atoms with Crippen LogP contribution in [0.2, 0.25) is 0 Å². The van der Waals surface area contributed by atoms with E-state index >= 15 is 0 Å². The Kier molecular flexibility index (Phi) is 3.92. The topological polar surface area (TPSA) is 32.3 Å². The van der Waals surface area contributed by atoms with Gasteiger partial charge in [-0.15, -0.1) is 0 Å². The third kappa shape index (κ3) is 2.59. The molecule has 0 bridgehead atoms. The summed E-state index contributed by atoms with van der Waals surface area (Å²) in [4.78, 5) is 15.1. The van der Waals surface area contributed by atoms with E-state index < -0.39 is 0 Å². The van der Waals surface area contributed by atoms with Crippen molar-refractivity contribution in [2.45, 2.75) is 44.4 Å². The van der Waals surface area contributed by atoms with E-state index in [1.165, 1.54) is 17.5 Å². The molecule has 2 atom stereocenters. The Morgan fingerprint density at radius 3 is 2.87 bits per heavy atom. The number of likely N-dealkylation sites (tertiary alicyclic amines) is 1. The van der Waals surface area contributed by atoms with Gasteiger partial charge >= 0.3 is 0 Å². The van der Waals surface area contributed by atoms with Crippen molar-refractivity contribution in [2.24, 2.45) is 11.8 Å². The Labute approximate surface area is 139 Å². The summed E-state index contributed by atoms with van der Waals surface area (Å²) in [6, 6.07) is 8.78. The molecule has 1 aromatic carbocycles. The predicted octanol–water partition coefficient (Wildman–Crippen LogP) is 2.74. The van der Waals surface area contributed by atoms with Crippen LogP contribution in [0.15, 0.2) is 24.3 Å². The second-order valence-corrected chi connectivity index (χ2v) is 7.65. The highest BCUT2D eigenvalue weighted by molar-refractivity contribution is 5.85. The number of benzene rings is 1. The van der Waals surface area contributed by atoms with Crippen molar-refractivity contribution < 1.29 is 4.79 Å². The van der Waals surface area contributed by atoms with Gasteiger partial charge in [0.1, 0.15) is 0 Å². The van der Waals surface area contributed by atoms with Gasteiger partial charge in [0.2, 0.25) is 5.91 Å². The van der Waals surface area contributed by atoms with E-state index in [-0.39, 0.29) is 11.3 Å². The van der Waals surface area contributed by atoms with Crippen molar-refractivity contribution in [3.63, 3.8) is 0 Å². The number of piperidine rings is 1. The van der Waals surface area contributed by atoms with Gasteiger partial charge in [-0.25, -0.2) is 0 Å². The highest BCUT2D eigenvalue weighted by Crippen LogP contribution is 2.62. The molecule has 0 aromatic heterocycles. The van der Waals surface area contributed by atoms with Crippen molar-refractivity contribution in [2.75, 3.05) is 26.2 Å². The Bertz CT molecular complexity index is 591. The van der Waals surface area contributed by atoms with Crippen LogP contribution in [-0.4, -0.2) is 37.0 Å². The average molecular weight is 312 g/mol. The minimum atomic E-state index is 0.203. The lowest BCUT2D eigenvalue weighted by Gasteiger charge is -2.32. The van der Waals surface area contributed by atoms with Crippen molar-refractivity contribution in [3.05, 3.63) is 35.4 Å². The molecule has 124 valence electrons. The third-order valence-corrected chi connectivity index (χ3v) is 6.38. The quantitative estimate of drug-likeness (QED) is 0.927. The van der Waals surface area contributed by atoms with Crippen LogP contribution in [0.5, 0.6) is 0 Å². The Morgan fingerprint density at radius 2 is 2.09 bits per heavy atom. The molecule has 1 spiro atoms. The minimum absolute atomic E-state index is 0.203. The maximum atomic E-state index is 13.0. The summed E-state index contributed by atoms with van der Waals surface area (Å²) in [6.45, 7) is 6.24. The number of carbonyl (C=O) groups is 1. The summed E-state index contributed by atoms with van der Waals surface area (Å²) in [7, 11) is 0. The molecule has 1 saturated heterocycles. The van der Waals surface area contributed by atoms with Crippen molar-refractivity contribution >= 4 is 5.91 Å². The van der Waals surface area contributed by atoms with Crippen molar-refractivity contribution in [3.8, 4) is 0 Å². The summed E-state index contributed by atoms with van der Waals surface area (Å²) in [5.74, 6) is 1.44. The zero-order chi connectivity index (χ0) is 15.9. The molecule has 1 N–H and O–H groups in total. The zero-order valence-corrected chi connectivity index (χ0v) is 14.2. The number of hydrogen-bond acceptors (Lipinski definition) is 2. The standard InChI is InChI=1S/C20H28N2O/c1-2-21-14-15-8-11-22(12-9-15)19(23)18-13-20(18)10-7-16-5-3-4-6-17(16)20/h3-6,15,18,21H,2,7-14H2,1H3. The van der Waals surface area contributed by atoms with Gasteiger partial charge < -0.3 is 10.2 Å². The zero-order valence-electron chi connectivity index (χ0n) is 14.2. The molecule has 0 radical (unpaired) electrons. The molecule has 1 aromatic rings. The van der Waals surface area contributed by atoms with E-state index in [0.717, 1.165) is 57.8 Å². The molecule has 4 rings (SSSR count). The monoisotopic (exact) mass is 312 g/mol.